The molecule has 3 aromatic carbocycles. The monoisotopic (exact) mass is 515 g/mol. The minimum absolute atomic E-state index is 0.449. The van der Waals surface area contributed by atoms with Crippen molar-refractivity contribution in [2.24, 2.45) is 5.92 Å². The fourth-order valence-electron chi connectivity index (χ4n) is 4.77. The second-order valence-electron chi connectivity index (χ2n) is 9.81. The van der Waals surface area contributed by atoms with Gasteiger partial charge in [-0.15, -0.1) is 0 Å². The number of aliphatic hydroxyl groups is 1. The third-order valence-corrected chi connectivity index (χ3v) is 6.62. The second kappa shape index (κ2) is 12.2. The lowest BCUT2D eigenvalue weighted by molar-refractivity contribution is 0.0947. The zero-order valence-electron chi connectivity index (χ0n) is 22.8. The Morgan fingerprint density at radius 2 is 1.32 bits per heavy atom. The van der Waals surface area contributed by atoms with Gasteiger partial charge >= 0.3 is 0 Å². The van der Waals surface area contributed by atoms with Gasteiger partial charge in [-0.3, -0.25) is 4.90 Å². The van der Waals surface area contributed by atoms with Gasteiger partial charge in [-0.05, 0) is 59.5 Å². The molecular weight excluding hydrogens is 478 g/mol. The first-order chi connectivity index (χ1) is 18.4. The van der Waals surface area contributed by atoms with Crippen LogP contribution in [0.2, 0.25) is 0 Å². The van der Waals surface area contributed by atoms with Crippen LogP contribution in [-0.2, 0) is 18.7 Å². The van der Waals surface area contributed by atoms with Crippen molar-refractivity contribution in [3.8, 4) is 17.2 Å². The van der Waals surface area contributed by atoms with Crippen LogP contribution in [0.15, 0.2) is 89.3 Å². The smallest absolute Gasteiger partial charge is 0.173 e. The molecule has 200 valence electrons. The number of rotatable bonds is 12. The summed E-state index contributed by atoms with van der Waals surface area (Å²) in [4.78, 5) is 2.34. The van der Waals surface area contributed by atoms with Crippen LogP contribution in [0.1, 0.15) is 42.1 Å². The number of benzene rings is 3. The summed E-state index contributed by atoms with van der Waals surface area (Å²) in [6, 6.07) is 26.7. The van der Waals surface area contributed by atoms with Crippen LogP contribution >= 0.6 is 0 Å². The Balaban J connectivity index is 1.68. The minimum Gasteiger partial charge on any atom is -0.497 e. The van der Waals surface area contributed by atoms with Gasteiger partial charge in [0, 0.05) is 18.7 Å². The van der Waals surface area contributed by atoms with E-state index in [0.717, 1.165) is 30.2 Å². The van der Waals surface area contributed by atoms with Gasteiger partial charge < -0.3 is 23.7 Å². The molecule has 4 aromatic rings. The molecule has 0 saturated carbocycles. The zero-order valence-corrected chi connectivity index (χ0v) is 22.8. The molecule has 0 bridgehead atoms. The Morgan fingerprint density at radius 1 is 0.737 bits per heavy atom. The summed E-state index contributed by atoms with van der Waals surface area (Å²) in [5.41, 5.74) is 0.979. The van der Waals surface area contributed by atoms with Gasteiger partial charge in [0.1, 0.15) is 28.8 Å². The molecule has 0 fully saturated rings. The van der Waals surface area contributed by atoms with E-state index in [-0.39, 0.29) is 0 Å². The number of hydrogen-bond acceptors (Lipinski definition) is 6. The van der Waals surface area contributed by atoms with E-state index in [1.807, 2.05) is 78.9 Å². The van der Waals surface area contributed by atoms with E-state index in [1.165, 1.54) is 0 Å². The topological polar surface area (TPSA) is 64.3 Å². The lowest BCUT2D eigenvalue weighted by Gasteiger charge is -2.28. The molecule has 0 aliphatic heterocycles. The van der Waals surface area contributed by atoms with E-state index in [4.69, 9.17) is 18.6 Å². The van der Waals surface area contributed by atoms with E-state index >= 15 is 0 Å². The molecule has 0 radical (unpaired) electrons. The first-order valence-electron chi connectivity index (χ1n) is 12.8. The molecule has 0 saturated heterocycles. The summed E-state index contributed by atoms with van der Waals surface area (Å²) in [5.74, 6) is 3.99. The minimum atomic E-state index is -1.50. The van der Waals surface area contributed by atoms with Crippen molar-refractivity contribution in [1.82, 2.24) is 4.90 Å². The van der Waals surface area contributed by atoms with E-state index in [0.29, 0.717) is 40.8 Å². The fourth-order valence-corrected chi connectivity index (χ4v) is 4.77. The fraction of sp³-hybridized carbons (Fsp3) is 0.312. The summed E-state index contributed by atoms with van der Waals surface area (Å²) in [6.45, 7) is 6.61. The third kappa shape index (κ3) is 6.04. The van der Waals surface area contributed by atoms with Gasteiger partial charge in [-0.1, -0.05) is 56.3 Å². The lowest BCUT2D eigenvalue weighted by Crippen LogP contribution is -2.28. The second-order valence-corrected chi connectivity index (χ2v) is 9.81. The van der Waals surface area contributed by atoms with Crippen molar-refractivity contribution in [3.63, 3.8) is 0 Å². The number of hydrogen-bond donors (Lipinski definition) is 1. The Labute approximate surface area is 225 Å². The first-order valence-corrected chi connectivity index (χ1v) is 12.8. The molecule has 4 rings (SSSR count). The van der Waals surface area contributed by atoms with Gasteiger partial charge in [0.15, 0.2) is 5.60 Å². The summed E-state index contributed by atoms with van der Waals surface area (Å²) in [6.07, 6.45) is 0. The van der Waals surface area contributed by atoms with Crippen molar-refractivity contribution in [2.75, 3.05) is 27.9 Å². The van der Waals surface area contributed by atoms with Crippen LogP contribution in [-0.4, -0.2) is 37.9 Å². The SMILES string of the molecule is COc1ccc(C(O)(c2ccc(OC)cc2)c2ccc(CN(Cc3ccccc3OC)CC(C)C)o2)cc1. The molecule has 0 aliphatic carbocycles. The van der Waals surface area contributed by atoms with Gasteiger partial charge in [0.2, 0.25) is 0 Å². The molecule has 38 heavy (non-hydrogen) atoms. The quantitative estimate of drug-likeness (QED) is 0.241. The Morgan fingerprint density at radius 3 is 1.84 bits per heavy atom. The van der Waals surface area contributed by atoms with Crippen molar-refractivity contribution in [3.05, 3.63) is 113 Å². The molecule has 0 aliphatic rings. The number of nitrogens with zero attached hydrogens (tertiary/aromatic N) is 1. The summed E-state index contributed by atoms with van der Waals surface area (Å²) in [7, 11) is 4.94. The van der Waals surface area contributed by atoms with Crippen LogP contribution in [0.5, 0.6) is 17.2 Å². The molecule has 0 unspecified atom stereocenters. The standard InChI is InChI=1S/C32H37NO5/c1-23(2)20-33(21-24-8-6-7-9-30(24)37-5)22-29-18-19-31(38-29)32(34,25-10-14-27(35-3)15-11-25)26-12-16-28(36-4)17-13-26/h6-19,23,34H,20-22H2,1-5H3. The van der Waals surface area contributed by atoms with Crippen LogP contribution < -0.4 is 14.2 Å². The number of ether oxygens (including phenoxy) is 3. The predicted octanol–water partition coefficient (Wildman–Crippen LogP) is 6.25. The highest BCUT2D eigenvalue weighted by Crippen LogP contribution is 2.39. The largest absolute Gasteiger partial charge is 0.497 e. The predicted molar refractivity (Wildman–Crippen MR) is 149 cm³/mol. The molecule has 6 heteroatoms. The maximum absolute atomic E-state index is 12.2. The summed E-state index contributed by atoms with van der Waals surface area (Å²) >= 11 is 0. The van der Waals surface area contributed by atoms with Crippen molar-refractivity contribution in [2.45, 2.75) is 32.5 Å². The molecular formula is C32H37NO5. The third-order valence-electron chi connectivity index (χ3n) is 6.62. The van der Waals surface area contributed by atoms with Crippen molar-refractivity contribution < 1.29 is 23.7 Å². The van der Waals surface area contributed by atoms with E-state index in [1.54, 1.807) is 21.3 Å². The maximum Gasteiger partial charge on any atom is 0.173 e. The highest BCUT2D eigenvalue weighted by molar-refractivity contribution is 5.46. The average Bonchev–Trinajstić information content (AvgIpc) is 3.41. The van der Waals surface area contributed by atoms with Crippen LogP contribution in [0.3, 0.4) is 0 Å². The zero-order chi connectivity index (χ0) is 27.1. The van der Waals surface area contributed by atoms with E-state index < -0.39 is 5.60 Å². The number of para-hydroxylation sites is 1. The Kier molecular flexibility index (Phi) is 8.77. The lowest BCUT2D eigenvalue weighted by atomic mass is 9.84. The van der Waals surface area contributed by atoms with Crippen molar-refractivity contribution >= 4 is 0 Å². The molecule has 1 aromatic heterocycles. The Bertz CT molecular complexity index is 1250. The highest BCUT2D eigenvalue weighted by atomic mass is 16.5. The van der Waals surface area contributed by atoms with Crippen LogP contribution in [0.4, 0.5) is 0 Å². The number of methoxy groups -OCH3 is 3. The van der Waals surface area contributed by atoms with Gasteiger partial charge in [0.25, 0.3) is 0 Å². The highest BCUT2D eigenvalue weighted by Gasteiger charge is 2.37. The van der Waals surface area contributed by atoms with Gasteiger partial charge in [-0.25, -0.2) is 0 Å². The van der Waals surface area contributed by atoms with Gasteiger partial charge in [0.05, 0.1) is 27.9 Å². The Hall–Kier alpha value is -3.74. The molecule has 6 nitrogen and oxygen atoms in total. The molecule has 1 heterocycles. The maximum atomic E-state index is 12.2. The molecule has 0 amide bonds. The van der Waals surface area contributed by atoms with Crippen LogP contribution in [0, 0.1) is 5.92 Å². The molecule has 0 atom stereocenters. The first kappa shape index (κ1) is 27.3. The van der Waals surface area contributed by atoms with E-state index in [9.17, 15) is 5.11 Å². The number of furan rings is 1. The average molecular weight is 516 g/mol. The van der Waals surface area contributed by atoms with E-state index in [2.05, 4.69) is 24.8 Å². The summed E-state index contributed by atoms with van der Waals surface area (Å²) in [5, 5.41) is 12.2. The van der Waals surface area contributed by atoms with Gasteiger partial charge in [-0.2, -0.15) is 0 Å². The summed E-state index contributed by atoms with van der Waals surface area (Å²) < 4.78 is 22.6. The normalized spacial score (nSPS) is 11.7. The van der Waals surface area contributed by atoms with Crippen LogP contribution in [0.25, 0.3) is 0 Å². The molecule has 1 N–H and O–H groups in total. The van der Waals surface area contributed by atoms with Crippen molar-refractivity contribution in [1.29, 1.82) is 0 Å². The molecule has 0 spiro atoms.